The van der Waals surface area contributed by atoms with Gasteiger partial charge in [0.15, 0.2) is 5.84 Å². The molecule has 8 aromatic carbocycles. The second-order valence-electron chi connectivity index (χ2n) is 14.7. The first-order valence-electron chi connectivity index (χ1n) is 19.3. The summed E-state index contributed by atoms with van der Waals surface area (Å²) in [4.78, 5) is 10.1. The van der Waals surface area contributed by atoms with Gasteiger partial charge in [0, 0.05) is 60.9 Å². The second kappa shape index (κ2) is 12.4. The predicted octanol–water partition coefficient (Wildman–Crippen LogP) is 12.3. The van der Waals surface area contributed by atoms with Crippen LogP contribution in [0.25, 0.3) is 76.9 Å². The molecule has 4 heterocycles. The van der Waals surface area contributed by atoms with Crippen LogP contribution in [0.3, 0.4) is 0 Å². The Morgan fingerprint density at radius 1 is 0.421 bits per heavy atom. The highest BCUT2D eigenvalue weighted by atomic mass is 16.3. The molecule has 12 rings (SSSR count). The number of para-hydroxylation sites is 3. The molecule has 57 heavy (non-hydrogen) atoms. The normalized spacial score (nSPS) is 14.5. The van der Waals surface area contributed by atoms with Crippen LogP contribution in [-0.2, 0) is 0 Å². The highest BCUT2D eigenvalue weighted by Crippen LogP contribution is 2.40. The summed E-state index contributed by atoms with van der Waals surface area (Å²) in [6, 6.07) is 66.2. The van der Waals surface area contributed by atoms with Crippen molar-refractivity contribution < 1.29 is 4.42 Å². The Balaban J connectivity index is 1.01. The Hall–Kier alpha value is -7.70. The van der Waals surface area contributed by atoms with Crippen LogP contribution in [0.1, 0.15) is 22.9 Å². The number of hydrogen-bond acceptors (Lipinski definition) is 4. The van der Waals surface area contributed by atoms with Crippen LogP contribution in [0.5, 0.6) is 0 Å². The van der Waals surface area contributed by atoms with E-state index < -0.39 is 0 Å². The molecule has 0 saturated heterocycles. The van der Waals surface area contributed by atoms with E-state index in [1.54, 1.807) is 0 Å². The maximum absolute atomic E-state index is 6.71. The highest BCUT2D eigenvalue weighted by molar-refractivity contribution is 6.19. The molecule has 1 atom stereocenters. The molecule has 1 unspecified atom stereocenters. The molecule has 0 saturated carbocycles. The highest BCUT2D eigenvalue weighted by Gasteiger charge is 2.23. The molecular formula is C51H33N5O. The zero-order valence-electron chi connectivity index (χ0n) is 30.7. The Bertz CT molecular complexity index is 3430. The van der Waals surface area contributed by atoms with Crippen molar-refractivity contribution in [2.24, 2.45) is 9.98 Å². The van der Waals surface area contributed by atoms with Crippen LogP contribution >= 0.6 is 0 Å². The van der Waals surface area contributed by atoms with Crippen LogP contribution < -0.4 is 5.32 Å². The fraction of sp³-hybridized carbons (Fsp3) is 0.0196. The van der Waals surface area contributed by atoms with Gasteiger partial charge in [0.05, 0.1) is 22.1 Å². The second-order valence-corrected chi connectivity index (χ2v) is 14.7. The van der Waals surface area contributed by atoms with Crippen molar-refractivity contribution in [2.75, 3.05) is 0 Å². The maximum atomic E-state index is 6.71. The van der Waals surface area contributed by atoms with E-state index in [1.807, 2.05) is 36.4 Å². The van der Waals surface area contributed by atoms with Gasteiger partial charge in [-0.15, -0.1) is 0 Å². The van der Waals surface area contributed by atoms with Crippen molar-refractivity contribution in [3.63, 3.8) is 0 Å². The van der Waals surface area contributed by atoms with Gasteiger partial charge in [0.1, 0.15) is 23.2 Å². The first-order chi connectivity index (χ1) is 28.2. The molecule has 0 aliphatic carbocycles. The molecule has 6 heteroatoms. The molecule has 1 aliphatic rings. The summed E-state index contributed by atoms with van der Waals surface area (Å²) in [5.41, 5.74) is 11.5. The molecule has 0 spiro atoms. The number of rotatable bonds is 5. The Morgan fingerprint density at radius 2 is 0.982 bits per heavy atom. The molecule has 0 radical (unpaired) electrons. The van der Waals surface area contributed by atoms with Gasteiger partial charge in [-0.05, 0) is 66.2 Å². The van der Waals surface area contributed by atoms with Gasteiger partial charge in [0.25, 0.3) is 0 Å². The van der Waals surface area contributed by atoms with Crippen molar-refractivity contribution in [1.29, 1.82) is 0 Å². The SMILES string of the molecule is c1ccc(C2=NC(c3ccc4c(c3)oc3cc(-n5c6ccccc6c6cc7c(cc65)c5ccccc5n7-c5ccccc5)ccc34)=NC(c3ccccc3)N2)cc1. The minimum atomic E-state index is -0.273. The lowest BCUT2D eigenvalue weighted by atomic mass is 10.1. The summed E-state index contributed by atoms with van der Waals surface area (Å²) in [5, 5.41) is 10.5. The smallest absolute Gasteiger partial charge is 0.159 e. The van der Waals surface area contributed by atoms with Crippen molar-refractivity contribution in [3.05, 3.63) is 205 Å². The Kier molecular flexibility index (Phi) is 6.89. The van der Waals surface area contributed by atoms with Gasteiger partial charge < -0.3 is 18.9 Å². The van der Waals surface area contributed by atoms with E-state index in [0.29, 0.717) is 5.84 Å². The van der Waals surface area contributed by atoms with Crippen LogP contribution in [0, 0.1) is 0 Å². The van der Waals surface area contributed by atoms with Crippen LogP contribution in [-0.4, -0.2) is 20.8 Å². The first kappa shape index (κ1) is 31.6. The zero-order chi connectivity index (χ0) is 37.5. The van der Waals surface area contributed by atoms with Gasteiger partial charge in [-0.2, -0.15) is 0 Å². The number of benzene rings is 8. The number of fused-ring (bicyclic) bond motifs is 9. The summed E-state index contributed by atoms with van der Waals surface area (Å²) in [5.74, 6) is 1.45. The molecule has 6 nitrogen and oxygen atoms in total. The molecule has 1 aliphatic heterocycles. The summed E-state index contributed by atoms with van der Waals surface area (Å²) in [7, 11) is 0. The molecule has 0 fully saturated rings. The quantitative estimate of drug-likeness (QED) is 0.192. The number of aromatic nitrogens is 2. The maximum Gasteiger partial charge on any atom is 0.159 e. The number of nitrogens with zero attached hydrogens (tertiary/aromatic N) is 4. The lowest BCUT2D eigenvalue weighted by Gasteiger charge is -2.23. The van der Waals surface area contributed by atoms with E-state index >= 15 is 0 Å². The topological polar surface area (TPSA) is 59.8 Å². The Morgan fingerprint density at radius 3 is 1.67 bits per heavy atom. The molecule has 11 aromatic rings. The van der Waals surface area contributed by atoms with E-state index in [9.17, 15) is 0 Å². The lowest BCUT2D eigenvalue weighted by Crippen LogP contribution is -2.33. The summed E-state index contributed by atoms with van der Waals surface area (Å²) in [6.07, 6.45) is -0.273. The standard InChI is InChI=1S/C51H33N5O/c1-4-14-32(15-5-1)49-52-50(33-16-6-2-7-17-33)54-51(53-49)34-24-26-39-40-27-25-36(29-48(40)57-47(39)28-34)56-44-23-13-11-21-38(44)42-30-45-41(31-46(42)56)37-20-10-12-22-43(37)55(45)35-18-8-3-9-19-35/h1-31,49H,(H,52,53,54). The van der Waals surface area contributed by atoms with E-state index in [2.05, 4.69) is 166 Å². The van der Waals surface area contributed by atoms with Gasteiger partial charge >= 0.3 is 0 Å². The molecular weight excluding hydrogens is 699 g/mol. The zero-order valence-corrected chi connectivity index (χ0v) is 30.7. The third-order valence-electron chi connectivity index (χ3n) is 11.4. The first-order valence-corrected chi connectivity index (χ1v) is 19.3. The minimum absolute atomic E-state index is 0.273. The lowest BCUT2D eigenvalue weighted by molar-refractivity contribution is 0.667. The van der Waals surface area contributed by atoms with Crippen molar-refractivity contribution in [3.8, 4) is 11.4 Å². The average molecular weight is 732 g/mol. The molecule has 1 N–H and O–H groups in total. The molecule has 3 aromatic heterocycles. The third-order valence-corrected chi connectivity index (χ3v) is 11.4. The van der Waals surface area contributed by atoms with Crippen molar-refractivity contribution in [2.45, 2.75) is 6.17 Å². The molecule has 0 bridgehead atoms. The van der Waals surface area contributed by atoms with Crippen molar-refractivity contribution >= 4 is 77.2 Å². The average Bonchev–Trinajstić information content (AvgIpc) is 3.93. The van der Waals surface area contributed by atoms with Gasteiger partial charge in [-0.25, -0.2) is 9.98 Å². The monoisotopic (exact) mass is 731 g/mol. The van der Waals surface area contributed by atoms with E-state index in [4.69, 9.17) is 14.4 Å². The molecule has 268 valence electrons. The van der Waals surface area contributed by atoms with E-state index in [0.717, 1.165) is 66.9 Å². The van der Waals surface area contributed by atoms with Gasteiger partial charge in [-0.3, -0.25) is 0 Å². The molecule has 0 amide bonds. The summed E-state index contributed by atoms with van der Waals surface area (Å²) >= 11 is 0. The number of hydrogen-bond donors (Lipinski definition) is 1. The predicted molar refractivity (Wildman–Crippen MR) is 234 cm³/mol. The number of aliphatic imine (C=N–C) groups is 2. The van der Waals surface area contributed by atoms with E-state index in [-0.39, 0.29) is 6.17 Å². The number of nitrogens with one attached hydrogen (secondary N) is 1. The Labute approximate surface area is 327 Å². The van der Waals surface area contributed by atoms with Gasteiger partial charge in [-0.1, -0.05) is 121 Å². The number of amidine groups is 2. The van der Waals surface area contributed by atoms with Crippen molar-refractivity contribution in [1.82, 2.24) is 14.5 Å². The summed E-state index contributed by atoms with van der Waals surface area (Å²) in [6.45, 7) is 0. The largest absolute Gasteiger partial charge is 0.456 e. The fourth-order valence-electron chi connectivity index (χ4n) is 8.74. The van der Waals surface area contributed by atoms with E-state index in [1.165, 1.54) is 32.6 Å². The van der Waals surface area contributed by atoms with Crippen LogP contribution in [0.4, 0.5) is 0 Å². The van der Waals surface area contributed by atoms with Crippen LogP contribution in [0.2, 0.25) is 0 Å². The summed E-state index contributed by atoms with van der Waals surface area (Å²) < 4.78 is 11.5. The van der Waals surface area contributed by atoms with Crippen LogP contribution in [0.15, 0.2) is 202 Å². The number of furan rings is 1. The third kappa shape index (κ3) is 4.97. The van der Waals surface area contributed by atoms with Gasteiger partial charge in [0.2, 0.25) is 0 Å². The fourth-order valence-corrected chi connectivity index (χ4v) is 8.74. The minimum Gasteiger partial charge on any atom is -0.456 e.